The van der Waals surface area contributed by atoms with Gasteiger partial charge in [0, 0.05) is 11.5 Å². The maximum absolute atomic E-state index is 7.11. The van der Waals surface area contributed by atoms with Crippen LogP contribution in [0, 0.1) is 0 Å². The molecule has 0 N–H and O–H groups in total. The first kappa shape index (κ1) is 36.4. The molecule has 4 aromatic carbocycles. The third kappa shape index (κ3) is 8.46. The highest BCUT2D eigenvalue weighted by Gasteiger charge is 2.48. The van der Waals surface area contributed by atoms with Crippen molar-refractivity contribution in [1.29, 1.82) is 0 Å². The Morgan fingerprint density at radius 3 is 2.40 bits per heavy atom. The van der Waals surface area contributed by atoms with Crippen LogP contribution >= 0.6 is 0 Å². The monoisotopic (exact) mass is 704 g/mol. The molecule has 3 aliphatic rings. The molecule has 0 saturated carbocycles. The van der Waals surface area contributed by atoms with Crippen LogP contribution < -0.4 is 9.47 Å². The summed E-state index contributed by atoms with van der Waals surface area (Å²) in [4.78, 5) is 22.6. The van der Waals surface area contributed by atoms with Crippen LogP contribution in [0.3, 0.4) is 0 Å². The summed E-state index contributed by atoms with van der Waals surface area (Å²) in [5.41, 5.74) is 7.79. The Balaban J connectivity index is 1.03. The predicted octanol–water partition coefficient (Wildman–Crippen LogP) is 9.88. The van der Waals surface area contributed by atoms with Gasteiger partial charge in [0.15, 0.2) is 5.60 Å². The zero-order valence-electron chi connectivity index (χ0n) is 30.4. The van der Waals surface area contributed by atoms with Gasteiger partial charge in [-0.2, -0.15) is 0 Å². The molecule has 1 heterocycles. The number of hydrogen-bond acceptors (Lipinski definition) is 7. The minimum absolute atomic E-state index is 0.0650. The van der Waals surface area contributed by atoms with Gasteiger partial charge in [0.2, 0.25) is 6.29 Å². The number of benzene rings is 4. The lowest BCUT2D eigenvalue weighted by atomic mass is 9.73. The molecule has 52 heavy (non-hydrogen) atoms. The molecular formula is C45H52O7. The summed E-state index contributed by atoms with van der Waals surface area (Å²) in [5, 5.41) is 0. The second kappa shape index (κ2) is 17.7. The van der Waals surface area contributed by atoms with Gasteiger partial charge in [0.1, 0.15) is 24.7 Å². The normalized spacial score (nSPS) is 20.2. The van der Waals surface area contributed by atoms with Crippen LogP contribution in [0.1, 0.15) is 96.7 Å². The summed E-state index contributed by atoms with van der Waals surface area (Å²) >= 11 is 0. The first-order valence-corrected chi connectivity index (χ1v) is 19.1. The zero-order chi connectivity index (χ0) is 35.6. The van der Waals surface area contributed by atoms with Crippen LogP contribution in [-0.4, -0.2) is 32.2 Å². The molecule has 0 spiro atoms. The fourth-order valence-corrected chi connectivity index (χ4v) is 7.90. The Hall–Kier alpha value is -3.98. The first-order chi connectivity index (χ1) is 25.6. The van der Waals surface area contributed by atoms with E-state index in [0.717, 1.165) is 74.0 Å². The zero-order valence-corrected chi connectivity index (χ0v) is 30.4. The maximum atomic E-state index is 7.11. The van der Waals surface area contributed by atoms with Gasteiger partial charge in [-0.1, -0.05) is 85.3 Å². The second-order valence-corrected chi connectivity index (χ2v) is 14.3. The third-order valence-corrected chi connectivity index (χ3v) is 10.7. The number of fused-ring (bicyclic) bond motifs is 7. The molecule has 7 nitrogen and oxygen atoms in total. The third-order valence-electron chi connectivity index (χ3n) is 10.7. The number of rotatable bonds is 17. The van der Waals surface area contributed by atoms with Crippen molar-refractivity contribution in [3.05, 3.63) is 143 Å². The largest absolute Gasteiger partial charge is 0.494 e. The van der Waals surface area contributed by atoms with Gasteiger partial charge in [0.05, 0.1) is 19.3 Å². The number of ether oxygens (including phenoxy) is 3. The average molecular weight is 705 g/mol. The van der Waals surface area contributed by atoms with Crippen LogP contribution in [0.15, 0.2) is 104 Å². The Bertz CT molecular complexity index is 1740. The van der Waals surface area contributed by atoms with Crippen LogP contribution in [0.5, 0.6) is 11.5 Å². The van der Waals surface area contributed by atoms with E-state index in [-0.39, 0.29) is 18.6 Å². The quantitative estimate of drug-likeness (QED) is 0.0469. The topological polar surface area (TPSA) is 64.6 Å². The van der Waals surface area contributed by atoms with Crippen LogP contribution in [0.4, 0.5) is 0 Å². The molecule has 0 amide bonds. The molecule has 4 aromatic rings. The smallest absolute Gasteiger partial charge is 0.236 e. The molecule has 1 aliphatic heterocycles. The van der Waals surface area contributed by atoms with Crippen molar-refractivity contribution >= 4 is 0 Å². The van der Waals surface area contributed by atoms with E-state index in [1.54, 1.807) is 6.08 Å². The Morgan fingerprint density at radius 1 is 0.769 bits per heavy atom. The van der Waals surface area contributed by atoms with Gasteiger partial charge in [-0.25, -0.2) is 19.6 Å². The van der Waals surface area contributed by atoms with Crippen molar-refractivity contribution < 1.29 is 33.8 Å². The second-order valence-electron chi connectivity index (χ2n) is 14.3. The summed E-state index contributed by atoms with van der Waals surface area (Å²) in [7, 11) is 0. The molecule has 4 atom stereocenters. The van der Waals surface area contributed by atoms with E-state index in [0.29, 0.717) is 19.8 Å². The number of unbranched alkanes of at least 4 members (excludes halogenated alkanes) is 3. The lowest BCUT2D eigenvalue weighted by Gasteiger charge is -2.38. The SMILES string of the molecule is C=CCOOCCCCCCOc1ccc(COO[C@](C)(c2ccccc2)C2Oc3ccc4c(c3[C@H]3c5ccccc5CC[C@H]3O2)CCCC4)cc1. The summed E-state index contributed by atoms with van der Waals surface area (Å²) in [6, 6.07) is 31.5. The molecule has 7 rings (SSSR count). The molecule has 0 fully saturated rings. The molecule has 1 unspecified atom stereocenters. The Labute approximate surface area is 308 Å². The minimum atomic E-state index is -1.06. The van der Waals surface area contributed by atoms with Crippen molar-refractivity contribution in [3.8, 4) is 11.5 Å². The van der Waals surface area contributed by atoms with Crippen LogP contribution in [0.2, 0.25) is 0 Å². The van der Waals surface area contributed by atoms with Gasteiger partial charge in [0.25, 0.3) is 0 Å². The molecule has 7 heteroatoms. The summed E-state index contributed by atoms with van der Waals surface area (Å²) in [6.45, 7) is 7.56. The van der Waals surface area contributed by atoms with Crippen molar-refractivity contribution in [2.75, 3.05) is 19.8 Å². The van der Waals surface area contributed by atoms with Crippen molar-refractivity contribution in [2.24, 2.45) is 0 Å². The summed E-state index contributed by atoms with van der Waals surface area (Å²) in [6.07, 6.45) is 11.4. The highest BCUT2D eigenvalue weighted by Crippen LogP contribution is 2.50. The van der Waals surface area contributed by atoms with Gasteiger partial charge in [-0.15, -0.1) is 6.58 Å². The maximum Gasteiger partial charge on any atom is 0.236 e. The highest BCUT2D eigenvalue weighted by molar-refractivity contribution is 5.55. The summed E-state index contributed by atoms with van der Waals surface area (Å²) in [5.74, 6) is 1.82. The minimum Gasteiger partial charge on any atom is -0.494 e. The van der Waals surface area contributed by atoms with Crippen molar-refractivity contribution in [3.63, 3.8) is 0 Å². The highest BCUT2D eigenvalue weighted by atomic mass is 17.2. The van der Waals surface area contributed by atoms with Gasteiger partial charge in [-0.3, -0.25) is 0 Å². The van der Waals surface area contributed by atoms with E-state index in [9.17, 15) is 0 Å². The molecule has 0 bridgehead atoms. The summed E-state index contributed by atoms with van der Waals surface area (Å²) < 4.78 is 20.1. The van der Waals surface area contributed by atoms with Gasteiger partial charge in [-0.05, 0) is 116 Å². The van der Waals surface area contributed by atoms with Gasteiger partial charge >= 0.3 is 0 Å². The Kier molecular flexibility index (Phi) is 12.4. The molecule has 274 valence electrons. The number of aryl methyl sites for hydroxylation is 2. The molecule has 0 radical (unpaired) electrons. The lowest BCUT2D eigenvalue weighted by Crippen LogP contribution is -2.47. The lowest BCUT2D eigenvalue weighted by molar-refractivity contribution is -0.409. The molecule has 0 saturated heterocycles. The standard InChI is InChI=1S/C45H52O7/c1-3-29-47-48-31-14-5-4-13-30-46-37-25-21-33(22-26-37)32-49-52-45(2,36-17-7-6-8-18-36)44-50-40-27-23-34-15-9-11-19-38(34)42(40)43-39-20-12-10-16-35(39)24-28-41(43)51-44/h3,6-9,11,15,17-19,21-22,24-26,28,40,42,44H,1,4-5,10,12-14,16,20,23,27,29-32H2,2H3/t40-,42+,44?,45-/m1/s1. The fourth-order valence-electron chi connectivity index (χ4n) is 7.90. The van der Waals surface area contributed by atoms with Crippen LogP contribution in [-0.2, 0) is 55.8 Å². The molecular weight excluding hydrogens is 652 g/mol. The van der Waals surface area contributed by atoms with Crippen LogP contribution in [0.25, 0.3) is 0 Å². The van der Waals surface area contributed by atoms with Gasteiger partial charge < -0.3 is 14.2 Å². The Morgan fingerprint density at radius 2 is 1.56 bits per heavy atom. The van der Waals surface area contributed by atoms with E-state index >= 15 is 0 Å². The van der Waals surface area contributed by atoms with E-state index < -0.39 is 11.9 Å². The first-order valence-electron chi connectivity index (χ1n) is 19.1. The van der Waals surface area contributed by atoms with Crippen molar-refractivity contribution in [2.45, 2.75) is 102 Å². The number of hydrogen-bond donors (Lipinski definition) is 0. The van der Waals surface area contributed by atoms with E-state index in [4.69, 9.17) is 33.8 Å². The van der Waals surface area contributed by atoms with E-state index in [1.807, 2.05) is 49.4 Å². The van der Waals surface area contributed by atoms with E-state index in [2.05, 4.69) is 55.1 Å². The fraction of sp³-hybridized carbons (Fsp3) is 0.422. The molecule has 0 aromatic heterocycles. The average Bonchev–Trinajstić information content (AvgIpc) is 3.37. The van der Waals surface area contributed by atoms with E-state index in [1.165, 1.54) is 40.7 Å². The predicted molar refractivity (Wildman–Crippen MR) is 201 cm³/mol. The molecule has 2 aliphatic carbocycles. The van der Waals surface area contributed by atoms with Crippen molar-refractivity contribution in [1.82, 2.24) is 0 Å².